The Balaban J connectivity index is 1.97. The Kier molecular flexibility index (Phi) is 8.16. The molecule has 0 atom stereocenters. The SMILES string of the molecule is CCCCn1c(N)c(N(Cc2ccccc2)C(=O)CSc2ccc(C)c(C)c2)c(=O)[nH]c1=O. The van der Waals surface area contributed by atoms with Crippen LogP contribution in [0.2, 0.25) is 0 Å². The van der Waals surface area contributed by atoms with Crippen molar-refractivity contribution >= 4 is 29.2 Å². The second-order valence-corrected chi connectivity index (χ2v) is 9.05. The van der Waals surface area contributed by atoms with E-state index in [1.807, 2.05) is 69.3 Å². The molecule has 3 N–H and O–H groups in total. The zero-order chi connectivity index (χ0) is 24.0. The van der Waals surface area contributed by atoms with Gasteiger partial charge < -0.3 is 5.73 Å². The van der Waals surface area contributed by atoms with Gasteiger partial charge in [0.2, 0.25) is 5.91 Å². The molecule has 1 amide bonds. The van der Waals surface area contributed by atoms with Crippen molar-refractivity contribution in [1.29, 1.82) is 0 Å². The Bertz CT molecular complexity index is 1230. The lowest BCUT2D eigenvalue weighted by atomic mass is 10.1. The van der Waals surface area contributed by atoms with Gasteiger partial charge in [0.25, 0.3) is 5.56 Å². The van der Waals surface area contributed by atoms with Gasteiger partial charge in [0, 0.05) is 11.4 Å². The van der Waals surface area contributed by atoms with Crippen LogP contribution in [0.25, 0.3) is 0 Å². The highest BCUT2D eigenvalue weighted by molar-refractivity contribution is 8.00. The van der Waals surface area contributed by atoms with Gasteiger partial charge in [-0.3, -0.25) is 24.0 Å². The van der Waals surface area contributed by atoms with Crippen molar-refractivity contribution in [3.8, 4) is 0 Å². The van der Waals surface area contributed by atoms with Gasteiger partial charge in [-0.15, -0.1) is 11.8 Å². The van der Waals surface area contributed by atoms with Gasteiger partial charge in [-0.25, -0.2) is 4.79 Å². The molecule has 0 spiro atoms. The number of amides is 1. The number of carbonyl (C=O) groups excluding carboxylic acids is 1. The molecule has 0 saturated heterocycles. The van der Waals surface area contributed by atoms with Crippen LogP contribution in [0, 0.1) is 13.8 Å². The predicted octanol–water partition coefficient (Wildman–Crippen LogP) is 3.86. The van der Waals surface area contributed by atoms with Crippen LogP contribution in [0.5, 0.6) is 0 Å². The average Bonchev–Trinajstić information content (AvgIpc) is 2.79. The van der Waals surface area contributed by atoms with E-state index in [-0.39, 0.29) is 29.7 Å². The second-order valence-electron chi connectivity index (χ2n) is 8.00. The molecule has 33 heavy (non-hydrogen) atoms. The normalized spacial score (nSPS) is 10.9. The van der Waals surface area contributed by atoms with Gasteiger partial charge in [-0.05, 0) is 49.1 Å². The summed E-state index contributed by atoms with van der Waals surface area (Å²) in [7, 11) is 0. The number of nitrogens with one attached hydrogen (secondary N) is 1. The van der Waals surface area contributed by atoms with Gasteiger partial charge in [0.15, 0.2) is 5.69 Å². The summed E-state index contributed by atoms with van der Waals surface area (Å²) in [6, 6.07) is 15.4. The molecule has 174 valence electrons. The van der Waals surface area contributed by atoms with E-state index >= 15 is 0 Å². The summed E-state index contributed by atoms with van der Waals surface area (Å²) in [5.74, 6) is -0.125. The fourth-order valence-corrected chi connectivity index (χ4v) is 4.33. The minimum Gasteiger partial charge on any atom is -0.383 e. The van der Waals surface area contributed by atoms with Crippen LogP contribution >= 0.6 is 11.8 Å². The van der Waals surface area contributed by atoms with Crippen molar-refractivity contribution < 1.29 is 4.79 Å². The molecular weight excluding hydrogens is 436 g/mol. The molecule has 2 aromatic carbocycles. The van der Waals surface area contributed by atoms with E-state index in [9.17, 15) is 14.4 Å². The van der Waals surface area contributed by atoms with Crippen molar-refractivity contribution in [2.45, 2.75) is 51.6 Å². The molecule has 8 heteroatoms. The molecule has 1 aromatic heterocycles. The maximum Gasteiger partial charge on any atom is 0.330 e. The van der Waals surface area contributed by atoms with Crippen molar-refractivity contribution in [2.24, 2.45) is 0 Å². The van der Waals surface area contributed by atoms with Crippen molar-refractivity contribution in [3.63, 3.8) is 0 Å². The molecule has 3 aromatic rings. The fraction of sp³-hybridized carbons (Fsp3) is 0.320. The number of thioether (sulfide) groups is 1. The van der Waals surface area contributed by atoms with E-state index in [1.54, 1.807) is 0 Å². The number of unbranched alkanes of at least 4 members (excludes halogenated alkanes) is 1. The number of aryl methyl sites for hydroxylation is 2. The first-order chi connectivity index (χ1) is 15.8. The Labute approximate surface area is 197 Å². The van der Waals surface area contributed by atoms with E-state index in [2.05, 4.69) is 4.98 Å². The third kappa shape index (κ3) is 5.96. The number of carbonyl (C=O) groups is 1. The molecule has 3 rings (SSSR count). The summed E-state index contributed by atoms with van der Waals surface area (Å²) < 4.78 is 1.34. The topological polar surface area (TPSA) is 101 Å². The maximum atomic E-state index is 13.4. The molecule has 7 nitrogen and oxygen atoms in total. The zero-order valence-electron chi connectivity index (χ0n) is 19.3. The minimum absolute atomic E-state index is 0.0117. The number of nitrogens with zero attached hydrogens (tertiary/aromatic N) is 2. The predicted molar refractivity (Wildman–Crippen MR) is 135 cm³/mol. The summed E-state index contributed by atoms with van der Waals surface area (Å²) in [5, 5.41) is 0. The number of hydrogen-bond donors (Lipinski definition) is 2. The van der Waals surface area contributed by atoms with E-state index in [0.29, 0.717) is 6.54 Å². The zero-order valence-corrected chi connectivity index (χ0v) is 20.1. The number of aromatic nitrogens is 2. The molecule has 0 fully saturated rings. The van der Waals surface area contributed by atoms with Crippen LogP contribution in [0.1, 0.15) is 36.5 Å². The molecular formula is C25H30N4O3S. The molecule has 0 saturated carbocycles. The Morgan fingerprint density at radius 3 is 2.48 bits per heavy atom. The van der Waals surface area contributed by atoms with Crippen molar-refractivity contribution in [2.75, 3.05) is 16.4 Å². The molecule has 0 unspecified atom stereocenters. The van der Waals surface area contributed by atoms with Crippen molar-refractivity contribution in [3.05, 3.63) is 86.1 Å². The maximum absolute atomic E-state index is 13.4. The molecule has 0 aliphatic heterocycles. The lowest BCUT2D eigenvalue weighted by Crippen LogP contribution is -2.41. The molecule has 0 aliphatic carbocycles. The van der Waals surface area contributed by atoms with Crippen molar-refractivity contribution in [1.82, 2.24) is 9.55 Å². The lowest BCUT2D eigenvalue weighted by Gasteiger charge is -2.24. The number of nitrogen functional groups attached to an aromatic ring is 1. The Morgan fingerprint density at radius 1 is 1.09 bits per heavy atom. The van der Waals surface area contributed by atoms with Crippen LogP contribution in [-0.2, 0) is 17.9 Å². The quantitative estimate of drug-likeness (QED) is 0.466. The first-order valence-corrected chi connectivity index (χ1v) is 12.0. The van der Waals surface area contributed by atoms with Gasteiger partial charge in [-0.2, -0.15) is 0 Å². The standard InChI is InChI=1S/C25H30N4O3S/c1-4-5-13-28-23(26)22(24(31)27-25(28)32)29(15-19-9-7-6-8-10-19)21(30)16-33-20-12-11-17(2)18(3)14-20/h6-12,14H,4-5,13,15-16,26H2,1-3H3,(H,27,31,32). The largest absolute Gasteiger partial charge is 0.383 e. The summed E-state index contributed by atoms with van der Waals surface area (Å²) >= 11 is 1.41. The average molecular weight is 467 g/mol. The highest BCUT2D eigenvalue weighted by atomic mass is 32.2. The number of H-pyrrole nitrogens is 1. The number of aromatic amines is 1. The number of benzene rings is 2. The number of rotatable bonds is 9. The smallest absolute Gasteiger partial charge is 0.330 e. The highest BCUT2D eigenvalue weighted by Crippen LogP contribution is 2.25. The Hall–Kier alpha value is -3.26. The van der Waals surface area contributed by atoms with Gasteiger partial charge in [-0.1, -0.05) is 49.7 Å². The van der Waals surface area contributed by atoms with Crippen LogP contribution < -0.4 is 21.9 Å². The van der Waals surface area contributed by atoms with Gasteiger partial charge in [0.1, 0.15) is 5.82 Å². The first-order valence-electron chi connectivity index (χ1n) is 11.0. The van der Waals surface area contributed by atoms with Crippen LogP contribution in [0.3, 0.4) is 0 Å². The second kappa shape index (κ2) is 11.0. The lowest BCUT2D eigenvalue weighted by molar-refractivity contribution is -0.116. The minimum atomic E-state index is -0.661. The number of nitrogens with two attached hydrogens (primary N) is 1. The Morgan fingerprint density at radius 2 is 1.82 bits per heavy atom. The summed E-state index contributed by atoms with van der Waals surface area (Å²) in [4.78, 5) is 43.3. The molecule has 0 radical (unpaired) electrons. The fourth-order valence-electron chi connectivity index (χ4n) is 3.46. The first kappa shape index (κ1) is 24.4. The summed E-state index contributed by atoms with van der Waals surface area (Å²) in [6.07, 6.45) is 1.59. The highest BCUT2D eigenvalue weighted by Gasteiger charge is 2.24. The monoisotopic (exact) mass is 466 g/mol. The van der Waals surface area contributed by atoms with Gasteiger partial charge >= 0.3 is 5.69 Å². The van der Waals surface area contributed by atoms with E-state index in [4.69, 9.17) is 5.73 Å². The third-order valence-corrected chi connectivity index (χ3v) is 6.52. The third-order valence-electron chi connectivity index (χ3n) is 5.54. The molecule has 0 aliphatic rings. The van der Waals surface area contributed by atoms with Gasteiger partial charge in [0.05, 0.1) is 12.3 Å². The van der Waals surface area contributed by atoms with Crippen LogP contribution in [-0.4, -0.2) is 21.2 Å². The number of hydrogen-bond acceptors (Lipinski definition) is 5. The van der Waals surface area contributed by atoms with E-state index in [0.717, 1.165) is 28.9 Å². The van der Waals surface area contributed by atoms with E-state index < -0.39 is 11.2 Å². The van der Waals surface area contributed by atoms with E-state index in [1.165, 1.54) is 26.8 Å². The summed E-state index contributed by atoms with van der Waals surface area (Å²) in [5.41, 5.74) is 8.28. The molecule has 1 heterocycles. The number of anilines is 2. The molecule has 0 bridgehead atoms. The van der Waals surface area contributed by atoms with Crippen LogP contribution in [0.4, 0.5) is 11.5 Å². The van der Waals surface area contributed by atoms with Crippen LogP contribution in [0.15, 0.2) is 63.0 Å². The summed E-state index contributed by atoms with van der Waals surface area (Å²) in [6.45, 7) is 6.62.